The average molecular weight is 315 g/mol. The van der Waals surface area contributed by atoms with Crippen LogP contribution in [0.3, 0.4) is 0 Å². The van der Waals surface area contributed by atoms with Gasteiger partial charge < -0.3 is 9.72 Å². The van der Waals surface area contributed by atoms with Crippen molar-refractivity contribution in [3.63, 3.8) is 0 Å². The Balaban J connectivity index is 1.86. The van der Waals surface area contributed by atoms with Crippen LogP contribution < -0.4 is 10.9 Å². The molecule has 1 amide bonds. The highest BCUT2D eigenvalue weighted by Crippen LogP contribution is 2.17. The van der Waals surface area contributed by atoms with E-state index in [1.807, 2.05) is 11.4 Å². The van der Waals surface area contributed by atoms with Crippen LogP contribution in [0.5, 0.6) is 0 Å². The molecule has 0 radical (unpaired) electrons. The second-order valence-electron chi connectivity index (χ2n) is 4.63. The van der Waals surface area contributed by atoms with E-state index >= 15 is 0 Å². The van der Waals surface area contributed by atoms with Gasteiger partial charge in [0.2, 0.25) is 0 Å². The molecule has 0 saturated heterocycles. The summed E-state index contributed by atoms with van der Waals surface area (Å²) in [7, 11) is 1.58. The van der Waals surface area contributed by atoms with E-state index in [4.69, 9.17) is 4.74 Å². The molecule has 3 rings (SSSR count). The number of pyridine rings is 1. The molecule has 0 unspecified atom stereocenters. The van der Waals surface area contributed by atoms with Crippen LogP contribution >= 0.6 is 11.3 Å². The number of ether oxygens (including phenoxy) is 1. The smallest absolute Gasteiger partial charge is 0.273 e. The number of nitrogens with zero attached hydrogens (tertiary/aromatic N) is 1. The van der Waals surface area contributed by atoms with Gasteiger partial charge in [0.1, 0.15) is 5.69 Å². The number of fused-ring (bicyclic) bond motifs is 1. The second-order valence-corrected chi connectivity index (χ2v) is 5.49. The van der Waals surface area contributed by atoms with Gasteiger partial charge in [-0.15, -0.1) is 11.3 Å². The third-order valence-corrected chi connectivity index (χ3v) is 3.87. The minimum atomic E-state index is -0.402. The molecule has 3 aromatic rings. The Kier molecular flexibility index (Phi) is 3.99. The van der Waals surface area contributed by atoms with Gasteiger partial charge in [0.25, 0.3) is 11.5 Å². The summed E-state index contributed by atoms with van der Waals surface area (Å²) in [6.45, 7) is 0.388. The SMILES string of the molecule is COCc1csc(NC(=O)c2cc3ccccc3c(=O)[nH]2)n1. The van der Waals surface area contributed by atoms with Gasteiger partial charge >= 0.3 is 0 Å². The number of carbonyl (C=O) groups excluding carboxylic acids is 1. The van der Waals surface area contributed by atoms with E-state index in [0.717, 1.165) is 11.1 Å². The Morgan fingerprint density at radius 3 is 3.05 bits per heavy atom. The van der Waals surface area contributed by atoms with Crippen LogP contribution in [-0.2, 0) is 11.3 Å². The predicted molar refractivity (Wildman–Crippen MR) is 85.3 cm³/mol. The molecule has 22 heavy (non-hydrogen) atoms. The van der Waals surface area contributed by atoms with Crippen LogP contribution in [0.2, 0.25) is 0 Å². The molecule has 6 nitrogen and oxygen atoms in total. The zero-order valence-corrected chi connectivity index (χ0v) is 12.6. The highest BCUT2D eigenvalue weighted by Gasteiger charge is 2.11. The summed E-state index contributed by atoms with van der Waals surface area (Å²) in [5.74, 6) is -0.402. The number of benzene rings is 1. The number of thiazole rings is 1. The molecule has 7 heteroatoms. The van der Waals surface area contributed by atoms with Gasteiger partial charge in [-0.2, -0.15) is 0 Å². The number of hydrogen-bond donors (Lipinski definition) is 2. The number of methoxy groups -OCH3 is 1. The van der Waals surface area contributed by atoms with Crippen LogP contribution in [0.15, 0.2) is 40.5 Å². The maximum atomic E-state index is 12.2. The van der Waals surface area contributed by atoms with Crippen molar-refractivity contribution in [2.24, 2.45) is 0 Å². The van der Waals surface area contributed by atoms with Gasteiger partial charge in [-0.25, -0.2) is 4.98 Å². The number of aromatic amines is 1. The van der Waals surface area contributed by atoms with E-state index in [1.165, 1.54) is 11.3 Å². The number of hydrogen-bond acceptors (Lipinski definition) is 5. The fraction of sp³-hybridized carbons (Fsp3) is 0.133. The van der Waals surface area contributed by atoms with Crippen molar-refractivity contribution in [2.45, 2.75) is 6.61 Å². The Labute approximate surface area is 129 Å². The van der Waals surface area contributed by atoms with Crippen molar-refractivity contribution in [1.29, 1.82) is 0 Å². The average Bonchev–Trinajstić information content (AvgIpc) is 2.95. The summed E-state index contributed by atoms with van der Waals surface area (Å²) in [5, 5.41) is 6.21. The van der Waals surface area contributed by atoms with Gasteiger partial charge in [0.15, 0.2) is 5.13 Å². The molecule has 0 saturated carbocycles. The molecule has 1 aromatic carbocycles. The van der Waals surface area contributed by atoms with Crippen molar-refractivity contribution in [2.75, 3.05) is 12.4 Å². The van der Waals surface area contributed by atoms with Crippen LogP contribution in [0.1, 0.15) is 16.2 Å². The molecule has 0 bridgehead atoms. The van der Waals surface area contributed by atoms with E-state index < -0.39 is 5.91 Å². The first-order valence-corrected chi connectivity index (χ1v) is 7.42. The van der Waals surface area contributed by atoms with E-state index in [0.29, 0.717) is 17.1 Å². The van der Waals surface area contributed by atoms with Crippen LogP contribution in [0.4, 0.5) is 5.13 Å². The first kappa shape index (κ1) is 14.4. The summed E-state index contributed by atoms with van der Waals surface area (Å²) in [5.41, 5.74) is 0.657. The molecule has 2 heterocycles. The molecule has 0 aliphatic carbocycles. The second kappa shape index (κ2) is 6.08. The number of anilines is 1. The lowest BCUT2D eigenvalue weighted by atomic mass is 10.1. The highest BCUT2D eigenvalue weighted by atomic mass is 32.1. The Hall–Kier alpha value is -2.51. The first-order valence-electron chi connectivity index (χ1n) is 6.54. The molecular formula is C15H13N3O3S. The monoisotopic (exact) mass is 315 g/mol. The standard InChI is InChI=1S/C15H13N3O3S/c1-21-7-10-8-22-15(16-10)18-14(20)12-6-9-4-2-3-5-11(9)13(19)17-12/h2-6,8H,7H2,1H3,(H,17,19)(H,16,18,20). The molecule has 0 aliphatic rings. The van der Waals surface area contributed by atoms with Crippen molar-refractivity contribution in [3.8, 4) is 0 Å². The molecule has 2 aromatic heterocycles. The van der Waals surface area contributed by atoms with E-state index in [1.54, 1.807) is 31.4 Å². The maximum Gasteiger partial charge on any atom is 0.273 e. The number of aromatic nitrogens is 2. The number of H-pyrrole nitrogens is 1. The summed E-state index contributed by atoms with van der Waals surface area (Å²) >= 11 is 1.31. The zero-order valence-electron chi connectivity index (χ0n) is 11.8. The molecule has 112 valence electrons. The van der Waals surface area contributed by atoms with Crippen molar-refractivity contribution in [3.05, 3.63) is 57.5 Å². The minimum absolute atomic E-state index is 0.201. The van der Waals surface area contributed by atoms with Crippen molar-refractivity contribution < 1.29 is 9.53 Å². The fourth-order valence-corrected chi connectivity index (χ4v) is 2.77. The minimum Gasteiger partial charge on any atom is -0.378 e. The Morgan fingerprint density at radius 2 is 2.23 bits per heavy atom. The van der Waals surface area contributed by atoms with Crippen LogP contribution in [-0.4, -0.2) is 23.0 Å². The van der Waals surface area contributed by atoms with Crippen LogP contribution in [0, 0.1) is 0 Å². The van der Waals surface area contributed by atoms with Gasteiger partial charge in [-0.05, 0) is 17.5 Å². The topological polar surface area (TPSA) is 84.1 Å². The Bertz CT molecular complexity index is 885. The van der Waals surface area contributed by atoms with E-state index in [9.17, 15) is 9.59 Å². The molecule has 0 fully saturated rings. The molecule has 0 atom stereocenters. The number of amides is 1. The normalized spacial score (nSPS) is 10.8. The quantitative estimate of drug-likeness (QED) is 0.774. The fourth-order valence-electron chi connectivity index (χ4n) is 2.08. The number of rotatable bonds is 4. The van der Waals surface area contributed by atoms with Gasteiger partial charge in [0, 0.05) is 17.9 Å². The van der Waals surface area contributed by atoms with Crippen molar-refractivity contribution >= 4 is 33.1 Å². The van der Waals surface area contributed by atoms with Gasteiger partial charge in [0.05, 0.1) is 12.3 Å². The maximum absolute atomic E-state index is 12.2. The summed E-state index contributed by atoms with van der Waals surface area (Å²) in [6.07, 6.45) is 0. The summed E-state index contributed by atoms with van der Waals surface area (Å²) in [6, 6.07) is 8.76. The molecule has 0 aliphatic heterocycles. The number of nitrogens with one attached hydrogen (secondary N) is 2. The van der Waals surface area contributed by atoms with Gasteiger partial charge in [-0.1, -0.05) is 18.2 Å². The largest absolute Gasteiger partial charge is 0.378 e. The third-order valence-electron chi connectivity index (χ3n) is 3.06. The first-order chi connectivity index (χ1) is 10.7. The zero-order chi connectivity index (χ0) is 15.5. The Morgan fingerprint density at radius 1 is 1.41 bits per heavy atom. The summed E-state index contributed by atoms with van der Waals surface area (Å²) < 4.78 is 4.98. The van der Waals surface area contributed by atoms with Crippen molar-refractivity contribution in [1.82, 2.24) is 9.97 Å². The third kappa shape index (κ3) is 2.90. The van der Waals surface area contributed by atoms with Crippen LogP contribution in [0.25, 0.3) is 10.8 Å². The summed E-state index contributed by atoms with van der Waals surface area (Å²) in [4.78, 5) is 31.0. The predicted octanol–water partition coefficient (Wildman–Crippen LogP) is 2.38. The lowest BCUT2D eigenvalue weighted by molar-refractivity contribution is 0.102. The van der Waals surface area contributed by atoms with E-state index in [2.05, 4.69) is 15.3 Å². The van der Waals surface area contributed by atoms with Gasteiger partial charge in [-0.3, -0.25) is 14.9 Å². The molecule has 0 spiro atoms. The van der Waals surface area contributed by atoms with E-state index in [-0.39, 0.29) is 11.3 Å². The molecule has 2 N–H and O–H groups in total. The highest BCUT2D eigenvalue weighted by molar-refractivity contribution is 7.13. The molecular weight excluding hydrogens is 302 g/mol. The number of carbonyl (C=O) groups is 1. The lowest BCUT2D eigenvalue weighted by Crippen LogP contribution is -2.18. The lowest BCUT2D eigenvalue weighted by Gasteiger charge is -2.03.